The molecular formula is C17H29N3O. The van der Waals surface area contributed by atoms with Crippen molar-refractivity contribution in [2.24, 2.45) is 11.8 Å². The van der Waals surface area contributed by atoms with Crippen molar-refractivity contribution >= 4 is 11.6 Å². The Bertz CT molecular complexity index is 478. The average molecular weight is 291 g/mol. The quantitative estimate of drug-likeness (QED) is 0.873. The molecular weight excluding hydrogens is 262 g/mol. The number of rotatable bonds is 5. The second-order valence-corrected chi connectivity index (χ2v) is 6.62. The summed E-state index contributed by atoms with van der Waals surface area (Å²) in [5.41, 5.74) is 7.22. The van der Waals surface area contributed by atoms with Gasteiger partial charge in [0.25, 0.3) is 5.91 Å². The second kappa shape index (κ2) is 7.01. The van der Waals surface area contributed by atoms with Crippen molar-refractivity contribution in [1.29, 1.82) is 0 Å². The summed E-state index contributed by atoms with van der Waals surface area (Å²) >= 11 is 0. The van der Waals surface area contributed by atoms with Gasteiger partial charge in [-0.25, -0.2) is 0 Å². The number of carbonyl (C=O) groups is 1. The molecule has 2 unspecified atom stereocenters. The van der Waals surface area contributed by atoms with Crippen LogP contribution in [0, 0.1) is 11.8 Å². The Morgan fingerprint density at radius 3 is 2.81 bits per heavy atom. The monoisotopic (exact) mass is 291 g/mol. The predicted molar refractivity (Wildman–Crippen MR) is 87.2 cm³/mol. The summed E-state index contributed by atoms with van der Waals surface area (Å²) in [7, 11) is 0. The number of amides is 1. The Morgan fingerprint density at radius 1 is 1.43 bits per heavy atom. The highest BCUT2D eigenvalue weighted by Gasteiger charge is 2.29. The van der Waals surface area contributed by atoms with E-state index in [-0.39, 0.29) is 5.91 Å². The van der Waals surface area contributed by atoms with Crippen LogP contribution in [0.3, 0.4) is 0 Å². The summed E-state index contributed by atoms with van der Waals surface area (Å²) in [6, 6.07) is 2.09. The molecule has 1 aromatic heterocycles. The van der Waals surface area contributed by atoms with E-state index in [2.05, 4.69) is 26.1 Å². The molecule has 0 saturated heterocycles. The van der Waals surface area contributed by atoms with Gasteiger partial charge in [0, 0.05) is 18.8 Å². The Hall–Kier alpha value is -1.45. The van der Waals surface area contributed by atoms with Gasteiger partial charge in [-0.1, -0.05) is 33.6 Å². The van der Waals surface area contributed by atoms with Gasteiger partial charge in [-0.15, -0.1) is 0 Å². The maximum absolute atomic E-state index is 12.6. The second-order valence-electron chi connectivity index (χ2n) is 6.62. The number of anilines is 1. The van der Waals surface area contributed by atoms with Crippen molar-refractivity contribution in [1.82, 2.24) is 9.88 Å². The lowest BCUT2D eigenvalue weighted by molar-refractivity contribution is 0.0879. The molecule has 0 aliphatic heterocycles. The minimum absolute atomic E-state index is 0.0256. The van der Waals surface area contributed by atoms with Gasteiger partial charge in [-0.3, -0.25) is 4.79 Å². The lowest BCUT2D eigenvalue weighted by atomic mass is 9.78. The molecule has 0 bridgehead atoms. The standard InChI is InChI=1S/C17H29N3O/c1-4-9-20-11-13(18)10-16(20)17(21)19-15-8-6-5-7-14(15)12(2)3/h10-12,14-15H,4-9,18H2,1-3H3,(H,19,21). The normalized spacial score (nSPS) is 22.5. The first kappa shape index (κ1) is 15.9. The minimum Gasteiger partial charge on any atom is -0.397 e. The molecule has 21 heavy (non-hydrogen) atoms. The molecule has 1 amide bonds. The molecule has 4 heteroatoms. The maximum atomic E-state index is 12.6. The number of nitrogen functional groups attached to an aromatic ring is 1. The molecule has 2 rings (SSSR count). The largest absolute Gasteiger partial charge is 0.397 e. The molecule has 1 fully saturated rings. The molecule has 4 nitrogen and oxygen atoms in total. The van der Waals surface area contributed by atoms with Gasteiger partial charge >= 0.3 is 0 Å². The average Bonchev–Trinajstić information content (AvgIpc) is 2.80. The van der Waals surface area contributed by atoms with Gasteiger partial charge in [0.2, 0.25) is 0 Å². The number of nitrogens with one attached hydrogen (secondary N) is 1. The third-order valence-corrected chi connectivity index (χ3v) is 4.61. The predicted octanol–water partition coefficient (Wildman–Crippen LogP) is 3.42. The van der Waals surface area contributed by atoms with Crippen LogP contribution < -0.4 is 11.1 Å². The molecule has 1 aliphatic carbocycles. The van der Waals surface area contributed by atoms with Crippen LogP contribution in [0.1, 0.15) is 63.4 Å². The SMILES string of the molecule is CCCn1cc(N)cc1C(=O)NC1CCCCC1C(C)C. The topological polar surface area (TPSA) is 60.0 Å². The highest BCUT2D eigenvalue weighted by atomic mass is 16.2. The highest BCUT2D eigenvalue weighted by Crippen LogP contribution is 2.30. The van der Waals surface area contributed by atoms with Crippen LogP contribution in [-0.4, -0.2) is 16.5 Å². The van der Waals surface area contributed by atoms with Crippen LogP contribution in [0.5, 0.6) is 0 Å². The fraction of sp³-hybridized carbons (Fsp3) is 0.706. The zero-order valence-corrected chi connectivity index (χ0v) is 13.6. The first-order chi connectivity index (χ1) is 10.0. The van der Waals surface area contributed by atoms with Crippen LogP contribution in [0.25, 0.3) is 0 Å². The zero-order chi connectivity index (χ0) is 15.4. The maximum Gasteiger partial charge on any atom is 0.268 e. The van der Waals surface area contributed by atoms with Crippen LogP contribution in [-0.2, 0) is 6.54 Å². The van der Waals surface area contributed by atoms with E-state index >= 15 is 0 Å². The van der Waals surface area contributed by atoms with Crippen molar-refractivity contribution in [2.45, 2.75) is 65.5 Å². The highest BCUT2D eigenvalue weighted by molar-refractivity contribution is 5.94. The smallest absolute Gasteiger partial charge is 0.268 e. The molecule has 118 valence electrons. The number of aryl methyl sites for hydroxylation is 1. The van der Waals surface area contributed by atoms with Crippen molar-refractivity contribution in [2.75, 3.05) is 5.73 Å². The molecule has 1 saturated carbocycles. The van der Waals surface area contributed by atoms with Gasteiger partial charge < -0.3 is 15.6 Å². The number of nitrogens with two attached hydrogens (primary N) is 1. The molecule has 0 aromatic carbocycles. The number of carbonyl (C=O) groups excluding carboxylic acids is 1. The Labute approximate surface area is 128 Å². The molecule has 1 aromatic rings. The van der Waals surface area contributed by atoms with E-state index in [9.17, 15) is 4.79 Å². The first-order valence-corrected chi connectivity index (χ1v) is 8.29. The Kier molecular flexibility index (Phi) is 5.32. The van der Waals surface area contributed by atoms with Gasteiger partial charge in [-0.05, 0) is 37.2 Å². The Morgan fingerprint density at radius 2 is 2.14 bits per heavy atom. The molecule has 2 atom stereocenters. The zero-order valence-electron chi connectivity index (χ0n) is 13.6. The molecule has 1 heterocycles. The fourth-order valence-corrected chi connectivity index (χ4v) is 3.53. The molecule has 1 aliphatic rings. The summed E-state index contributed by atoms with van der Waals surface area (Å²) in [5.74, 6) is 1.23. The van der Waals surface area contributed by atoms with Gasteiger partial charge in [0.15, 0.2) is 0 Å². The van der Waals surface area contributed by atoms with E-state index in [0.717, 1.165) is 19.4 Å². The lowest BCUT2D eigenvalue weighted by Crippen LogP contribution is -2.44. The summed E-state index contributed by atoms with van der Waals surface area (Å²) in [6.45, 7) is 7.45. The summed E-state index contributed by atoms with van der Waals surface area (Å²) in [6.07, 6.45) is 7.67. The van der Waals surface area contributed by atoms with Crippen LogP contribution in [0.2, 0.25) is 0 Å². The molecule has 0 spiro atoms. The van der Waals surface area contributed by atoms with E-state index < -0.39 is 0 Å². The number of aromatic nitrogens is 1. The fourth-order valence-electron chi connectivity index (χ4n) is 3.53. The molecule has 0 radical (unpaired) electrons. The summed E-state index contributed by atoms with van der Waals surface area (Å²) < 4.78 is 1.97. The van der Waals surface area contributed by atoms with Gasteiger partial charge in [0.05, 0.1) is 5.69 Å². The number of hydrogen-bond donors (Lipinski definition) is 2. The van der Waals surface area contributed by atoms with Crippen LogP contribution in [0.15, 0.2) is 12.3 Å². The van der Waals surface area contributed by atoms with Crippen molar-refractivity contribution in [3.63, 3.8) is 0 Å². The minimum atomic E-state index is 0.0256. The van der Waals surface area contributed by atoms with Crippen LogP contribution >= 0.6 is 0 Å². The Balaban J connectivity index is 2.09. The van der Waals surface area contributed by atoms with Crippen molar-refractivity contribution in [3.05, 3.63) is 18.0 Å². The van der Waals surface area contributed by atoms with E-state index in [1.165, 1.54) is 19.3 Å². The summed E-state index contributed by atoms with van der Waals surface area (Å²) in [5, 5.41) is 3.26. The van der Waals surface area contributed by atoms with Crippen molar-refractivity contribution in [3.8, 4) is 0 Å². The first-order valence-electron chi connectivity index (χ1n) is 8.29. The van der Waals surface area contributed by atoms with E-state index in [1.54, 1.807) is 6.07 Å². The van der Waals surface area contributed by atoms with E-state index in [0.29, 0.717) is 29.3 Å². The summed E-state index contributed by atoms with van der Waals surface area (Å²) in [4.78, 5) is 12.6. The van der Waals surface area contributed by atoms with Gasteiger partial charge in [0.1, 0.15) is 5.69 Å². The molecule has 3 N–H and O–H groups in total. The lowest BCUT2D eigenvalue weighted by Gasteiger charge is -2.34. The number of hydrogen-bond acceptors (Lipinski definition) is 2. The van der Waals surface area contributed by atoms with Crippen LogP contribution in [0.4, 0.5) is 5.69 Å². The third-order valence-electron chi connectivity index (χ3n) is 4.61. The third kappa shape index (κ3) is 3.80. The van der Waals surface area contributed by atoms with E-state index in [4.69, 9.17) is 5.73 Å². The van der Waals surface area contributed by atoms with E-state index in [1.807, 2.05) is 10.8 Å². The van der Waals surface area contributed by atoms with Gasteiger partial charge in [-0.2, -0.15) is 0 Å². The van der Waals surface area contributed by atoms with Crippen molar-refractivity contribution < 1.29 is 4.79 Å². The number of nitrogens with zero attached hydrogens (tertiary/aromatic N) is 1.